The van der Waals surface area contributed by atoms with Crippen molar-refractivity contribution in [2.24, 2.45) is 0 Å². The molecule has 1 aliphatic heterocycles. The van der Waals surface area contributed by atoms with Gasteiger partial charge in [0.05, 0.1) is 6.54 Å². The van der Waals surface area contributed by atoms with E-state index in [1.165, 1.54) is 25.3 Å². The molecule has 0 spiro atoms. The van der Waals surface area contributed by atoms with Crippen LogP contribution in [0, 0.1) is 0 Å². The highest BCUT2D eigenvalue weighted by molar-refractivity contribution is 4.95. The Balaban J connectivity index is 2.05. The summed E-state index contributed by atoms with van der Waals surface area (Å²) in [7, 11) is 0. The van der Waals surface area contributed by atoms with Crippen LogP contribution in [0.1, 0.15) is 19.2 Å². The molecule has 3 nitrogen and oxygen atoms in total. The lowest BCUT2D eigenvalue weighted by atomic mass is 10.3. The molecule has 2 rings (SSSR count). The van der Waals surface area contributed by atoms with Gasteiger partial charge in [0.15, 0.2) is 0 Å². The lowest BCUT2D eigenvalue weighted by molar-refractivity contribution is 0.217. The Morgan fingerprint density at radius 1 is 1.50 bits per heavy atom. The van der Waals surface area contributed by atoms with Crippen molar-refractivity contribution in [3.05, 3.63) is 18.2 Å². The van der Waals surface area contributed by atoms with E-state index in [4.69, 9.17) is 0 Å². The summed E-state index contributed by atoms with van der Waals surface area (Å²) in [4.78, 5) is 6.77. The average molecular weight is 165 g/mol. The van der Waals surface area contributed by atoms with E-state index < -0.39 is 0 Å². The molecular formula is C9H15N3. The Kier molecular flexibility index (Phi) is 2.13. The van der Waals surface area contributed by atoms with Crippen LogP contribution in [-0.4, -0.2) is 27.5 Å². The van der Waals surface area contributed by atoms with Gasteiger partial charge in [-0.15, -0.1) is 0 Å². The van der Waals surface area contributed by atoms with Crippen LogP contribution in [0.5, 0.6) is 0 Å². The maximum absolute atomic E-state index is 4.31. The molecule has 0 bridgehead atoms. The molecule has 0 unspecified atom stereocenters. The fourth-order valence-electron chi connectivity index (χ4n) is 1.73. The summed E-state index contributed by atoms with van der Waals surface area (Å²) in [6.07, 6.45) is 5.20. The molecule has 3 heteroatoms. The van der Waals surface area contributed by atoms with Crippen molar-refractivity contribution < 1.29 is 0 Å². The van der Waals surface area contributed by atoms with Gasteiger partial charge in [-0.1, -0.05) is 6.92 Å². The normalized spacial score (nSPS) is 17.8. The first kappa shape index (κ1) is 7.80. The predicted octanol–water partition coefficient (Wildman–Crippen LogP) is 1.11. The van der Waals surface area contributed by atoms with E-state index in [0.29, 0.717) is 0 Å². The molecule has 0 amide bonds. The number of aromatic nitrogens is 2. The molecule has 2 heterocycles. The third kappa shape index (κ3) is 1.37. The zero-order valence-electron chi connectivity index (χ0n) is 7.53. The summed E-state index contributed by atoms with van der Waals surface area (Å²) in [6, 6.07) is 0. The molecule has 0 aromatic carbocycles. The van der Waals surface area contributed by atoms with E-state index in [9.17, 15) is 0 Å². The van der Waals surface area contributed by atoms with E-state index in [1.54, 1.807) is 0 Å². The van der Waals surface area contributed by atoms with Gasteiger partial charge in [-0.25, -0.2) is 4.98 Å². The first-order valence-electron chi connectivity index (χ1n) is 4.62. The maximum atomic E-state index is 4.31. The third-order valence-electron chi connectivity index (χ3n) is 2.36. The van der Waals surface area contributed by atoms with Gasteiger partial charge in [-0.2, -0.15) is 0 Å². The molecule has 0 saturated carbocycles. The Labute approximate surface area is 73.0 Å². The monoisotopic (exact) mass is 165 g/mol. The van der Waals surface area contributed by atoms with Crippen molar-refractivity contribution in [2.45, 2.75) is 26.4 Å². The van der Waals surface area contributed by atoms with Crippen molar-refractivity contribution in [3.63, 3.8) is 0 Å². The summed E-state index contributed by atoms with van der Waals surface area (Å²) < 4.78 is 2.24. The number of rotatable bonds is 2. The lowest BCUT2D eigenvalue weighted by Crippen LogP contribution is -2.34. The largest absolute Gasteiger partial charge is 0.333 e. The highest BCUT2D eigenvalue weighted by Crippen LogP contribution is 2.09. The second-order valence-electron chi connectivity index (χ2n) is 3.31. The van der Waals surface area contributed by atoms with Crippen LogP contribution in [0.4, 0.5) is 0 Å². The van der Waals surface area contributed by atoms with Crippen LogP contribution in [0.3, 0.4) is 0 Å². The highest BCUT2D eigenvalue weighted by Gasteiger charge is 2.14. The number of fused-ring (bicyclic) bond motifs is 1. The number of nitrogens with zero attached hydrogens (tertiary/aromatic N) is 3. The molecule has 66 valence electrons. The summed E-state index contributed by atoms with van der Waals surface area (Å²) in [5.41, 5.74) is 0. The molecule has 1 aliphatic rings. The fourth-order valence-corrected chi connectivity index (χ4v) is 1.73. The van der Waals surface area contributed by atoms with Crippen molar-refractivity contribution in [1.29, 1.82) is 0 Å². The summed E-state index contributed by atoms with van der Waals surface area (Å²) >= 11 is 0. The van der Waals surface area contributed by atoms with Gasteiger partial charge in [-0.3, -0.25) is 4.90 Å². The van der Waals surface area contributed by atoms with E-state index in [0.717, 1.165) is 13.1 Å². The van der Waals surface area contributed by atoms with Crippen molar-refractivity contribution in [1.82, 2.24) is 14.5 Å². The number of imidazole rings is 1. The molecule has 12 heavy (non-hydrogen) atoms. The zero-order chi connectivity index (χ0) is 8.39. The minimum absolute atomic E-state index is 1.03. The van der Waals surface area contributed by atoms with Crippen LogP contribution in [0.15, 0.2) is 12.4 Å². The SMILES string of the molecule is CCCN1CCn2ccnc2C1. The first-order chi connectivity index (χ1) is 5.90. The van der Waals surface area contributed by atoms with E-state index in [1.807, 2.05) is 6.20 Å². The van der Waals surface area contributed by atoms with Crippen molar-refractivity contribution in [2.75, 3.05) is 13.1 Å². The van der Waals surface area contributed by atoms with E-state index in [2.05, 4.69) is 27.6 Å². The van der Waals surface area contributed by atoms with Gasteiger partial charge < -0.3 is 4.57 Å². The number of hydrogen-bond acceptors (Lipinski definition) is 2. The Morgan fingerprint density at radius 3 is 3.25 bits per heavy atom. The first-order valence-corrected chi connectivity index (χ1v) is 4.62. The van der Waals surface area contributed by atoms with Gasteiger partial charge >= 0.3 is 0 Å². The standard InChI is InChI=1S/C9H15N3/c1-2-4-11-6-7-12-5-3-10-9(12)8-11/h3,5H,2,4,6-8H2,1H3. The predicted molar refractivity (Wildman–Crippen MR) is 47.8 cm³/mol. The van der Waals surface area contributed by atoms with Gasteiger partial charge in [0, 0.05) is 25.5 Å². The van der Waals surface area contributed by atoms with Crippen LogP contribution in [0.2, 0.25) is 0 Å². The van der Waals surface area contributed by atoms with Gasteiger partial charge in [-0.05, 0) is 13.0 Å². The van der Waals surface area contributed by atoms with Crippen LogP contribution >= 0.6 is 0 Å². The molecule has 1 aromatic rings. The lowest BCUT2D eigenvalue weighted by Gasteiger charge is -2.26. The third-order valence-corrected chi connectivity index (χ3v) is 2.36. The molecule has 0 atom stereocenters. The minimum atomic E-state index is 1.03. The minimum Gasteiger partial charge on any atom is -0.333 e. The molecule has 0 N–H and O–H groups in total. The molecular weight excluding hydrogens is 150 g/mol. The van der Waals surface area contributed by atoms with Crippen molar-refractivity contribution in [3.8, 4) is 0 Å². The highest BCUT2D eigenvalue weighted by atomic mass is 15.2. The van der Waals surface area contributed by atoms with Crippen LogP contribution in [-0.2, 0) is 13.1 Å². The molecule has 0 aliphatic carbocycles. The number of hydrogen-bond donors (Lipinski definition) is 0. The smallest absolute Gasteiger partial charge is 0.122 e. The van der Waals surface area contributed by atoms with E-state index in [-0.39, 0.29) is 0 Å². The molecule has 0 saturated heterocycles. The van der Waals surface area contributed by atoms with E-state index >= 15 is 0 Å². The molecule has 0 radical (unpaired) electrons. The van der Waals surface area contributed by atoms with Gasteiger partial charge in [0.2, 0.25) is 0 Å². The molecule has 0 fully saturated rings. The average Bonchev–Trinajstić information content (AvgIpc) is 2.51. The Bertz CT molecular complexity index is 254. The van der Waals surface area contributed by atoms with Gasteiger partial charge in [0.1, 0.15) is 5.82 Å². The quantitative estimate of drug-likeness (QED) is 0.654. The van der Waals surface area contributed by atoms with Gasteiger partial charge in [0.25, 0.3) is 0 Å². The van der Waals surface area contributed by atoms with Crippen LogP contribution in [0.25, 0.3) is 0 Å². The zero-order valence-corrected chi connectivity index (χ0v) is 7.53. The second kappa shape index (κ2) is 3.27. The summed E-state index contributed by atoms with van der Waals surface area (Å²) in [6.45, 7) is 6.74. The van der Waals surface area contributed by atoms with Crippen molar-refractivity contribution >= 4 is 0 Å². The summed E-state index contributed by atoms with van der Waals surface area (Å²) in [5.74, 6) is 1.22. The second-order valence-corrected chi connectivity index (χ2v) is 3.31. The maximum Gasteiger partial charge on any atom is 0.122 e. The Hall–Kier alpha value is -0.830. The topological polar surface area (TPSA) is 21.1 Å². The molecule has 1 aromatic heterocycles. The van der Waals surface area contributed by atoms with Crippen LogP contribution < -0.4 is 0 Å². The fraction of sp³-hybridized carbons (Fsp3) is 0.667. The summed E-state index contributed by atoms with van der Waals surface area (Å²) in [5, 5.41) is 0. The Morgan fingerprint density at radius 2 is 2.42 bits per heavy atom.